The molecular weight excluding hydrogens is 366 g/mol. The molecule has 0 saturated heterocycles. The van der Waals surface area contributed by atoms with Gasteiger partial charge in [0.2, 0.25) is 5.90 Å². The lowest BCUT2D eigenvalue weighted by Gasteiger charge is -2.18. The molecule has 0 aliphatic carbocycles. The highest BCUT2D eigenvalue weighted by atomic mass is 16.6. The van der Waals surface area contributed by atoms with Crippen LogP contribution in [0, 0.1) is 0 Å². The smallest absolute Gasteiger partial charge is 0.363 e. The second kappa shape index (κ2) is 8.52. The van der Waals surface area contributed by atoms with Gasteiger partial charge in [-0.1, -0.05) is 39.0 Å². The Kier molecular flexibility index (Phi) is 6.06. The van der Waals surface area contributed by atoms with Crippen molar-refractivity contribution < 1.29 is 19.0 Å². The van der Waals surface area contributed by atoms with E-state index in [1.807, 2.05) is 56.3 Å². The molecule has 1 aliphatic heterocycles. The largest absolute Gasteiger partial charge is 0.490 e. The molecule has 29 heavy (non-hydrogen) atoms. The summed E-state index contributed by atoms with van der Waals surface area (Å²) < 4.78 is 16.6. The van der Waals surface area contributed by atoms with Gasteiger partial charge in [0.25, 0.3) is 0 Å². The molecule has 1 aliphatic rings. The van der Waals surface area contributed by atoms with Crippen molar-refractivity contribution in [2.24, 2.45) is 4.99 Å². The van der Waals surface area contributed by atoms with Gasteiger partial charge < -0.3 is 14.2 Å². The van der Waals surface area contributed by atoms with Crippen molar-refractivity contribution in [2.45, 2.75) is 40.0 Å². The molecule has 0 unspecified atom stereocenters. The van der Waals surface area contributed by atoms with Crippen LogP contribution in [0.4, 0.5) is 0 Å². The summed E-state index contributed by atoms with van der Waals surface area (Å²) in [4.78, 5) is 16.7. The Balaban J connectivity index is 1.87. The number of carbonyl (C=O) groups is 1. The molecule has 2 aromatic rings. The number of rotatable bonds is 6. The Labute approximate surface area is 172 Å². The number of cyclic esters (lactones) is 1. The molecule has 5 heteroatoms. The van der Waals surface area contributed by atoms with E-state index in [4.69, 9.17) is 14.2 Å². The number of aliphatic imine (C=N–C) groups is 1. The van der Waals surface area contributed by atoms with E-state index in [2.05, 4.69) is 25.8 Å². The van der Waals surface area contributed by atoms with Gasteiger partial charge in [-0.15, -0.1) is 0 Å². The average Bonchev–Trinajstić information content (AvgIpc) is 3.04. The van der Waals surface area contributed by atoms with E-state index in [1.165, 1.54) is 5.56 Å². The summed E-state index contributed by atoms with van der Waals surface area (Å²) in [5.41, 5.74) is 3.09. The highest BCUT2D eigenvalue weighted by Gasteiger charge is 2.25. The Morgan fingerprint density at radius 2 is 1.62 bits per heavy atom. The lowest BCUT2D eigenvalue weighted by Crippen LogP contribution is -2.11. The molecule has 0 amide bonds. The second-order valence-electron chi connectivity index (χ2n) is 7.74. The normalized spacial score (nSPS) is 15.3. The number of esters is 1. The van der Waals surface area contributed by atoms with E-state index in [-0.39, 0.29) is 11.1 Å². The predicted octanol–water partition coefficient (Wildman–Crippen LogP) is 5.13. The average molecular weight is 393 g/mol. The summed E-state index contributed by atoms with van der Waals surface area (Å²) in [5, 5.41) is 0. The molecule has 3 rings (SSSR count). The van der Waals surface area contributed by atoms with Gasteiger partial charge in [0.1, 0.15) is 0 Å². The maximum Gasteiger partial charge on any atom is 0.363 e. The zero-order chi connectivity index (χ0) is 21.0. The van der Waals surface area contributed by atoms with Gasteiger partial charge >= 0.3 is 5.97 Å². The van der Waals surface area contributed by atoms with Crippen LogP contribution in [0.1, 0.15) is 51.3 Å². The lowest BCUT2D eigenvalue weighted by molar-refractivity contribution is -0.129. The van der Waals surface area contributed by atoms with Crippen LogP contribution < -0.4 is 9.47 Å². The van der Waals surface area contributed by atoms with Crippen molar-refractivity contribution in [3.8, 4) is 11.5 Å². The van der Waals surface area contributed by atoms with Gasteiger partial charge in [0.15, 0.2) is 17.2 Å². The number of carbonyl (C=O) groups excluding carboxylic acids is 1. The first-order valence-electron chi connectivity index (χ1n) is 9.85. The van der Waals surface area contributed by atoms with Gasteiger partial charge in [-0.25, -0.2) is 9.79 Å². The van der Waals surface area contributed by atoms with Crippen molar-refractivity contribution in [3.63, 3.8) is 0 Å². The number of nitrogens with zero attached hydrogens (tertiary/aromatic N) is 1. The van der Waals surface area contributed by atoms with Crippen molar-refractivity contribution in [1.82, 2.24) is 0 Å². The van der Waals surface area contributed by atoms with E-state index in [1.54, 1.807) is 6.08 Å². The fourth-order valence-electron chi connectivity index (χ4n) is 2.96. The molecule has 152 valence electrons. The molecule has 0 N–H and O–H groups in total. The van der Waals surface area contributed by atoms with E-state index in [0.29, 0.717) is 30.6 Å². The molecule has 0 fully saturated rings. The van der Waals surface area contributed by atoms with Crippen molar-refractivity contribution in [2.75, 3.05) is 13.2 Å². The SMILES string of the molecule is CCOc1ccc(/C=C2\N=C(c3ccc(C(C)(C)C)cc3)OC2=O)cc1OCC. The highest BCUT2D eigenvalue weighted by molar-refractivity contribution is 6.12. The first kappa shape index (κ1) is 20.6. The molecule has 5 nitrogen and oxygen atoms in total. The maximum atomic E-state index is 12.3. The van der Waals surface area contributed by atoms with Gasteiger partial charge in [-0.3, -0.25) is 0 Å². The molecule has 0 bridgehead atoms. The van der Waals surface area contributed by atoms with Crippen molar-refractivity contribution in [1.29, 1.82) is 0 Å². The summed E-state index contributed by atoms with van der Waals surface area (Å²) in [6.45, 7) is 11.4. The Morgan fingerprint density at radius 3 is 2.24 bits per heavy atom. The quantitative estimate of drug-likeness (QED) is 0.504. The molecule has 0 spiro atoms. The van der Waals surface area contributed by atoms with Crippen LogP contribution in [0.2, 0.25) is 0 Å². The zero-order valence-corrected chi connectivity index (χ0v) is 17.6. The molecule has 1 heterocycles. The van der Waals surface area contributed by atoms with Crippen LogP contribution in [-0.2, 0) is 14.9 Å². The van der Waals surface area contributed by atoms with E-state index < -0.39 is 5.97 Å². The van der Waals surface area contributed by atoms with Crippen LogP contribution in [-0.4, -0.2) is 25.1 Å². The zero-order valence-electron chi connectivity index (χ0n) is 17.6. The standard InChI is InChI=1S/C24H27NO4/c1-6-27-20-13-8-16(15-21(20)28-7-2)14-19-23(26)29-22(25-19)17-9-11-18(12-10-17)24(3,4)5/h8-15H,6-7H2,1-5H3/b19-14-. The monoisotopic (exact) mass is 393 g/mol. The second-order valence-corrected chi connectivity index (χ2v) is 7.74. The summed E-state index contributed by atoms with van der Waals surface area (Å²) in [6, 6.07) is 13.5. The molecule has 2 aromatic carbocycles. The highest BCUT2D eigenvalue weighted by Crippen LogP contribution is 2.30. The third-order valence-electron chi connectivity index (χ3n) is 4.49. The minimum absolute atomic E-state index is 0.0592. The lowest BCUT2D eigenvalue weighted by atomic mass is 9.87. The van der Waals surface area contributed by atoms with E-state index in [0.717, 1.165) is 11.1 Å². The van der Waals surface area contributed by atoms with Crippen LogP contribution in [0.25, 0.3) is 6.08 Å². The summed E-state index contributed by atoms with van der Waals surface area (Å²) in [7, 11) is 0. The minimum Gasteiger partial charge on any atom is -0.490 e. The molecular formula is C24H27NO4. The fourth-order valence-corrected chi connectivity index (χ4v) is 2.96. The Hall–Kier alpha value is -3.08. The van der Waals surface area contributed by atoms with Gasteiger partial charge in [0, 0.05) is 5.56 Å². The third kappa shape index (κ3) is 4.86. The number of hydrogen-bond acceptors (Lipinski definition) is 5. The van der Waals surface area contributed by atoms with Crippen LogP contribution in [0.15, 0.2) is 53.2 Å². The predicted molar refractivity (Wildman–Crippen MR) is 115 cm³/mol. The van der Waals surface area contributed by atoms with Crippen LogP contribution >= 0.6 is 0 Å². The van der Waals surface area contributed by atoms with Crippen LogP contribution in [0.5, 0.6) is 11.5 Å². The molecule has 0 saturated carbocycles. The fraction of sp³-hybridized carbons (Fsp3) is 0.333. The first-order chi connectivity index (χ1) is 13.8. The van der Waals surface area contributed by atoms with Gasteiger partial charge in [0.05, 0.1) is 13.2 Å². The topological polar surface area (TPSA) is 57.1 Å². The van der Waals surface area contributed by atoms with E-state index in [9.17, 15) is 4.79 Å². The number of hydrogen-bond donors (Lipinski definition) is 0. The van der Waals surface area contributed by atoms with Gasteiger partial charge in [-0.2, -0.15) is 0 Å². The molecule has 0 atom stereocenters. The Morgan fingerprint density at radius 1 is 0.966 bits per heavy atom. The summed E-state index contributed by atoms with van der Waals surface area (Å²) >= 11 is 0. The van der Waals surface area contributed by atoms with Crippen molar-refractivity contribution in [3.05, 3.63) is 64.9 Å². The number of benzene rings is 2. The molecule has 0 radical (unpaired) electrons. The third-order valence-corrected chi connectivity index (χ3v) is 4.49. The van der Waals surface area contributed by atoms with Crippen molar-refractivity contribution >= 4 is 17.9 Å². The van der Waals surface area contributed by atoms with E-state index >= 15 is 0 Å². The Bertz CT molecular complexity index is 950. The minimum atomic E-state index is -0.466. The van der Waals surface area contributed by atoms with Crippen LogP contribution in [0.3, 0.4) is 0 Å². The van der Waals surface area contributed by atoms with Gasteiger partial charge in [-0.05, 0) is 60.7 Å². The number of ether oxygens (including phenoxy) is 3. The summed E-state index contributed by atoms with van der Waals surface area (Å²) in [6.07, 6.45) is 1.69. The molecule has 0 aromatic heterocycles. The summed E-state index contributed by atoms with van der Waals surface area (Å²) in [5.74, 6) is 1.16. The maximum absolute atomic E-state index is 12.3. The first-order valence-corrected chi connectivity index (χ1v) is 9.85.